The summed E-state index contributed by atoms with van der Waals surface area (Å²) in [5.41, 5.74) is 7.37. The third kappa shape index (κ3) is 2.62. The van der Waals surface area contributed by atoms with Crippen molar-refractivity contribution in [1.82, 2.24) is 4.57 Å². The SMILES string of the molecule is Cc1cccc(=O)n1Cc1cc([N+](=O)[O-])ccc1N. The summed E-state index contributed by atoms with van der Waals surface area (Å²) in [5.74, 6) is 0. The van der Waals surface area contributed by atoms with Crippen LogP contribution in [0.1, 0.15) is 11.3 Å². The summed E-state index contributed by atoms with van der Waals surface area (Å²) in [6.07, 6.45) is 0. The fraction of sp³-hybridized carbons (Fsp3) is 0.154. The summed E-state index contributed by atoms with van der Waals surface area (Å²) >= 11 is 0. The molecule has 1 aromatic heterocycles. The molecule has 0 aliphatic carbocycles. The molecule has 98 valence electrons. The minimum atomic E-state index is -0.483. The van der Waals surface area contributed by atoms with Crippen LogP contribution in [0, 0.1) is 17.0 Å². The number of nitro benzene ring substituents is 1. The van der Waals surface area contributed by atoms with E-state index in [-0.39, 0.29) is 17.8 Å². The van der Waals surface area contributed by atoms with Crippen LogP contribution in [0.2, 0.25) is 0 Å². The standard InChI is InChI=1S/C13H13N3O3/c1-9-3-2-4-13(17)15(9)8-10-7-11(16(18)19)5-6-12(10)14/h2-7H,8,14H2,1H3. The molecule has 0 aliphatic heterocycles. The van der Waals surface area contributed by atoms with E-state index in [0.29, 0.717) is 11.3 Å². The zero-order chi connectivity index (χ0) is 14.0. The molecule has 0 unspecified atom stereocenters. The first-order valence-electron chi connectivity index (χ1n) is 5.68. The van der Waals surface area contributed by atoms with E-state index in [1.165, 1.54) is 28.8 Å². The van der Waals surface area contributed by atoms with E-state index in [1.807, 2.05) is 0 Å². The lowest BCUT2D eigenvalue weighted by Gasteiger charge is -2.11. The van der Waals surface area contributed by atoms with E-state index < -0.39 is 4.92 Å². The van der Waals surface area contributed by atoms with Gasteiger partial charge in [-0.05, 0) is 19.1 Å². The molecule has 0 radical (unpaired) electrons. The van der Waals surface area contributed by atoms with E-state index in [9.17, 15) is 14.9 Å². The number of nitrogens with zero attached hydrogens (tertiary/aromatic N) is 2. The molecule has 1 heterocycles. The normalized spacial score (nSPS) is 10.4. The maximum Gasteiger partial charge on any atom is 0.269 e. The molecular weight excluding hydrogens is 246 g/mol. The van der Waals surface area contributed by atoms with Gasteiger partial charge in [0.05, 0.1) is 11.5 Å². The Kier molecular flexibility index (Phi) is 3.33. The molecule has 0 saturated carbocycles. The smallest absolute Gasteiger partial charge is 0.269 e. The van der Waals surface area contributed by atoms with Gasteiger partial charge in [-0.15, -0.1) is 0 Å². The number of hydrogen-bond donors (Lipinski definition) is 1. The monoisotopic (exact) mass is 259 g/mol. The molecule has 2 rings (SSSR count). The predicted octanol–water partition coefficient (Wildman–Crippen LogP) is 1.70. The predicted molar refractivity (Wildman–Crippen MR) is 72.0 cm³/mol. The number of aryl methyl sites for hydroxylation is 1. The number of nitrogens with two attached hydrogens (primary N) is 1. The van der Waals surface area contributed by atoms with Crippen LogP contribution in [0.15, 0.2) is 41.2 Å². The Balaban J connectivity index is 2.46. The van der Waals surface area contributed by atoms with Gasteiger partial charge in [0.15, 0.2) is 0 Å². The molecule has 0 amide bonds. The van der Waals surface area contributed by atoms with Crippen molar-refractivity contribution in [3.05, 3.63) is 68.1 Å². The Morgan fingerprint density at radius 3 is 2.68 bits per heavy atom. The molecule has 19 heavy (non-hydrogen) atoms. The summed E-state index contributed by atoms with van der Waals surface area (Å²) in [6.45, 7) is 2.02. The van der Waals surface area contributed by atoms with Crippen LogP contribution in [-0.2, 0) is 6.54 Å². The Morgan fingerprint density at radius 2 is 2.05 bits per heavy atom. The number of nitro groups is 1. The molecule has 0 bridgehead atoms. The van der Waals surface area contributed by atoms with Gasteiger partial charge in [0.25, 0.3) is 11.2 Å². The summed E-state index contributed by atoms with van der Waals surface area (Å²) in [5, 5.41) is 10.7. The van der Waals surface area contributed by atoms with Crippen molar-refractivity contribution in [2.24, 2.45) is 0 Å². The number of non-ortho nitro benzene ring substituents is 1. The van der Waals surface area contributed by atoms with Crippen LogP contribution in [0.3, 0.4) is 0 Å². The van der Waals surface area contributed by atoms with Crippen LogP contribution in [-0.4, -0.2) is 9.49 Å². The first kappa shape index (κ1) is 12.8. The van der Waals surface area contributed by atoms with Gasteiger partial charge < -0.3 is 10.3 Å². The van der Waals surface area contributed by atoms with Gasteiger partial charge in [0.2, 0.25) is 0 Å². The van der Waals surface area contributed by atoms with Crippen molar-refractivity contribution in [2.45, 2.75) is 13.5 Å². The minimum Gasteiger partial charge on any atom is -0.398 e. The second-order valence-corrected chi connectivity index (χ2v) is 4.23. The second kappa shape index (κ2) is 4.93. The number of pyridine rings is 1. The van der Waals surface area contributed by atoms with E-state index >= 15 is 0 Å². The Morgan fingerprint density at radius 1 is 1.32 bits per heavy atom. The van der Waals surface area contributed by atoms with Crippen molar-refractivity contribution in [2.75, 3.05) is 5.73 Å². The highest BCUT2D eigenvalue weighted by Gasteiger charge is 2.10. The van der Waals surface area contributed by atoms with E-state index in [4.69, 9.17) is 5.73 Å². The van der Waals surface area contributed by atoms with Gasteiger partial charge in [-0.25, -0.2) is 0 Å². The van der Waals surface area contributed by atoms with E-state index in [1.54, 1.807) is 19.1 Å². The zero-order valence-corrected chi connectivity index (χ0v) is 10.4. The van der Waals surface area contributed by atoms with Crippen molar-refractivity contribution in [3.63, 3.8) is 0 Å². The molecule has 6 nitrogen and oxygen atoms in total. The average molecular weight is 259 g/mol. The van der Waals surface area contributed by atoms with Gasteiger partial charge in [0.1, 0.15) is 0 Å². The third-order valence-electron chi connectivity index (χ3n) is 2.93. The molecule has 2 N–H and O–H groups in total. The Labute approximate surface area is 109 Å². The van der Waals surface area contributed by atoms with E-state index in [0.717, 1.165) is 5.69 Å². The average Bonchev–Trinajstić information content (AvgIpc) is 2.35. The fourth-order valence-electron chi connectivity index (χ4n) is 1.84. The minimum absolute atomic E-state index is 0.0363. The highest BCUT2D eigenvalue weighted by atomic mass is 16.6. The van der Waals surface area contributed by atoms with Gasteiger partial charge in [-0.3, -0.25) is 14.9 Å². The summed E-state index contributed by atoms with van der Waals surface area (Å²) in [7, 11) is 0. The lowest BCUT2D eigenvalue weighted by Crippen LogP contribution is -2.22. The quantitative estimate of drug-likeness (QED) is 0.516. The topological polar surface area (TPSA) is 91.2 Å². The number of aromatic nitrogens is 1. The first-order chi connectivity index (χ1) is 8.99. The number of anilines is 1. The third-order valence-corrected chi connectivity index (χ3v) is 2.93. The van der Waals surface area contributed by atoms with Gasteiger partial charge in [-0.1, -0.05) is 6.07 Å². The molecule has 1 aromatic carbocycles. The van der Waals surface area contributed by atoms with Crippen LogP contribution < -0.4 is 11.3 Å². The molecule has 0 fully saturated rings. The molecule has 0 atom stereocenters. The van der Waals surface area contributed by atoms with Crippen molar-refractivity contribution >= 4 is 11.4 Å². The van der Waals surface area contributed by atoms with Crippen molar-refractivity contribution < 1.29 is 4.92 Å². The van der Waals surface area contributed by atoms with Crippen LogP contribution in [0.25, 0.3) is 0 Å². The maximum atomic E-state index is 11.8. The highest BCUT2D eigenvalue weighted by Crippen LogP contribution is 2.20. The first-order valence-corrected chi connectivity index (χ1v) is 5.68. The number of rotatable bonds is 3. The van der Waals surface area contributed by atoms with Gasteiger partial charge >= 0.3 is 0 Å². The zero-order valence-electron chi connectivity index (χ0n) is 10.4. The highest BCUT2D eigenvalue weighted by molar-refractivity contribution is 5.52. The summed E-state index contributed by atoms with van der Waals surface area (Å²) in [6, 6.07) is 9.14. The van der Waals surface area contributed by atoms with E-state index in [2.05, 4.69) is 0 Å². The van der Waals surface area contributed by atoms with Gasteiger partial charge in [-0.2, -0.15) is 0 Å². The number of hydrogen-bond acceptors (Lipinski definition) is 4. The fourth-order valence-corrected chi connectivity index (χ4v) is 1.84. The molecule has 0 saturated heterocycles. The molecule has 6 heteroatoms. The van der Waals surface area contributed by atoms with Crippen molar-refractivity contribution in [1.29, 1.82) is 0 Å². The molecule has 0 aliphatic rings. The Hall–Kier alpha value is -2.63. The Bertz CT molecular complexity index is 692. The van der Waals surface area contributed by atoms with Crippen LogP contribution in [0.4, 0.5) is 11.4 Å². The molecule has 2 aromatic rings. The molecular formula is C13H13N3O3. The summed E-state index contributed by atoms with van der Waals surface area (Å²) < 4.78 is 1.52. The second-order valence-electron chi connectivity index (χ2n) is 4.23. The largest absolute Gasteiger partial charge is 0.398 e. The lowest BCUT2D eigenvalue weighted by molar-refractivity contribution is -0.384. The lowest BCUT2D eigenvalue weighted by atomic mass is 10.1. The maximum absolute atomic E-state index is 11.8. The van der Waals surface area contributed by atoms with Crippen LogP contribution >= 0.6 is 0 Å². The number of nitrogen functional groups attached to an aromatic ring is 1. The van der Waals surface area contributed by atoms with Crippen molar-refractivity contribution in [3.8, 4) is 0 Å². The molecule has 0 spiro atoms. The summed E-state index contributed by atoms with van der Waals surface area (Å²) in [4.78, 5) is 22.0. The van der Waals surface area contributed by atoms with Gasteiger partial charge in [0, 0.05) is 35.1 Å². The number of benzene rings is 1. The van der Waals surface area contributed by atoms with Crippen LogP contribution in [0.5, 0.6) is 0 Å².